The van der Waals surface area contributed by atoms with Crippen molar-refractivity contribution in [3.63, 3.8) is 0 Å². The molecule has 2 rings (SSSR count). The van der Waals surface area contributed by atoms with Gasteiger partial charge in [-0.3, -0.25) is 9.59 Å². The molecule has 2 aromatic rings. The van der Waals surface area contributed by atoms with Crippen molar-refractivity contribution in [2.24, 2.45) is 0 Å². The molecule has 0 radical (unpaired) electrons. The summed E-state index contributed by atoms with van der Waals surface area (Å²) in [6, 6.07) is 14.3. The molecule has 120 valence electrons. The van der Waals surface area contributed by atoms with Crippen molar-refractivity contribution in [2.75, 3.05) is 0 Å². The van der Waals surface area contributed by atoms with Gasteiger partial charge in [-0.05, 0) is 36.8 Å². The Morgan fingerprint density at radius 3 is 2.26 bits per heavy atom. The number of halogens is 2. The molecule has 0 aromatic heterocycles. The Balaban J connectivity index is 1.83. The van der Waals surface area contributed by atoms with Crippen molar-refractivity contribution in [3.05, 3.63) is 69.2 Å². The van der Waals surface area contributed by atoms with E-state index in [-0.39, 0.29) is 30.6 Å². The van der Waals surface area contributed by atoms with Gasteiger partial charge in [0, 0.05) is 27.9 Å². The zero-order valence-electron chi connectivity index (χ0n) is 12.7. The van der Waals surface area contributed by atoms with E-state index in [1.165, 1.54) is 0 Å². The Bertz CT molecular complexity index is 683. The molecule has 1 atom stereocenters. The highest BCUT2D eigenvalue weighted by Gasteiger charge is 2.12. The van der Waals surface area contributed by atoms with Crippen LogP contribution in [-0.2, 0) is 4.79 Å². The minimum absolute atomic E-state index is 0.0354. The summed E-state index contributed by atoms with van der Waals surface area (Å²) in [7, 11) is 0. The number of benzene rings is 2. The second-order valence-electron chi connectivity index (χ2n) is 5.27. The van der Waals surface area contributed by atoms with Crippen LogP contribution in [0.15, 0.2) is 53.0 Å². The molecule has 3 nitrogen and oxygen atoms in total. The maximum atomic E-state index is 12.0. The van der Waals surface area contributed by atoms with E-state index >= 15 is 0 Å². The van der Waals surface area contributed by atoms with Gasteiger partial charge in [-0.2, -0.15) is 0 Å². The number of nitrogens with one attached hydrogen (secondary N) is 1. The molecular formula is C18H17BrClNO2. The fraction of sp³-hybridized carbons (Fsp3) is 0.222. The zero-order chi connectivity index (χ0) is 16.8. The van der Waals surface area contributed by atoms with E-state index in [1.807, 2.05) is 31.2 Å². The average Bonchev–Trinajstić information content (AvgIpc) is 2.54. The van der Waals surface area contributed by atoms with Gasteiger partial charge >= 0.3 is 0 Å². The first-order valence-corrected chi connectivity index (χ1v) is 8.46. The van der Waals surface area contributed by atoms with E-state index in [9.17, 15) is 9.59 Å². The molecule has 0 fully saturated rings. The van der Waals surface area contributed by atoms with Crippen LogP contribution in [0.1, 0.15) is 41.7 Å². The highest BCUT2D eigenvalue weighted by atomic mass is 79.9. The van der Waals surface area contributed by atoms with Crippen LogP contribution in [0.5, 0.6) is 0 Å². The largest absolute Gasteiger partial charge is 0.350 e. The molecule has 0 aliphatic heterocycles. The lowest BCUT2D eigenvalue weighted by Crippen LogP contribution is -2.26. The summed E-state index contributed by atoms with van der Waals surface area (Å²) in [5, 5.41) is 3.55. The maximum Gasteiger partial charge on any atom is 0.220 e. The Kier molecular flexibility index (Phi) is 6.37. The van der Waals surface area contributed by atoms with Crippen molar-refractivity contribution >= 4 is 39.2 Å². The topological polar surface area (TPSA) is 46.2 Å². The summed E-state index contributed by atoms with van der Waals surface area (Å²) in [4.78, 5) is 24.0. The van der Waals surface area contributed by atoms with Gasteiger partial charge in [0.25, 0.3) is 0 Å². The first-order valence-electron chi connectivity index (χ1n) is 7.29. The molecule has 0 saturated carbocycles. The number of hydrogen-bond donors (Lipinski definition) is 1. The van der Waals surface area contributed by atoms with Crippen LogP contribution in [0.25, 0.3) is 0 Å². The van der Waals surface area contributed by atoms with Crippen molar-refractivity contribution in [3.8, 4) is 0 Å². The van der Waals surface area contributed by atoms with Crippen molar-refractivity contribution < 1.29 is 9.59 Å². The summed E-state index contributed by atoms with van der Waals surface area (Å²) in [6.45, 7) is 1.90. The molecule has 23 heavy (non-hydrogen) atoms. The lowest BCUT2D eigenvalue weighted by Gasteiger charge is -2.14. The maximum absolute atomic E-state index is 12.0. The quantitative estimate of drug-likeness (QED) is 0.705. The number of ketones is 1. The standard InChI is InChI=1S/C18H17BrClNO2/c1-12(13-4-8-16(20)9-5-13)21-18(23)11-10-17(22)14-2-6-15(19)7-3-14/h2-9,12H,10-11H2,1H3,(H,21,23). The minimum Gasteiger partial charge on any atom is -0.350 e. The van der Waals surface area contributed by atoms with E-state index < -0.39 is 0 Å². The monoisotopic (exact) mass is 393 g/mol. The van der Waals surface area contributed by atoms with Gasteiger partial charge in [0.05, 0.1) is 6.04 Å². The Morgan fingerprint density at radius 1 is 1.04 bits per heavy atom. The highest BCUT2D eigenvalue weighted by molar-refractivity contribution is 9.10. The lowest BCUT2D eigenvalue weighted by atomic mass is 10.1. The number of Topliss-reactive ketones (excluding diaryl/α,β-unsaturated/α-hetero) is 1. The predicted octanol–water partition coefficient (Wildman–Crippen LogP) is 4.94. The summed E-state index contributed by atoms with van der Waals surface area (Å²) in [6.07, 6.45) is 0.369. The third-order valence-electron chi connectivity index (χ3n) is 3.49. The van der Waals surface area contributed by atoms with Crippen LogP contribution >= 0.6 is 27.5 Å². The molecule has 0 heterocycles. The molecule has 1 amide bonds. The molecule has 0 spiro atoms. The number of rotatable bonds is 6. The van der Waals surface area contributed by atoms with E-state index in [0.717, 1.165) is 10.0 Å². The van der Waals surface area contributed by atoms with Crippen LogP contribution in [0.4, 0.5) is 0 Å². The predicted molar refractivity (Wildman–Crippen MR) is 95.7 cm³/mol. The molecular weight excluding hydrogens is 378 g/mol. The fourth-order valence-electron chi connectivity index (χ4n) is 2.16. The summed E-state index contributed by atoms with van der Waals surface area (Å²) in [5.41, 5.74) is 1.59. The molecule has 1 N–H and O–H groups in total. The fourth-order valence-corrected chi connectivity index (χ4v) is 2.55. The van der Waals surface area contributed by atoms with Crippen LogP contribution in [0.3, 0.4) is 0 Å². The van der Waals surface area contributed by atoms with Gasteiger partial charge < -0.3 is 5.32 Å². The summed E-state index contributed by atoms with van der Waals surface area (Å²) >= 11 is 9.17. The molecule has 2 aromatic carbocycles. The van der Waals surface area contributed by atoms with Crippen LogP contribution < -0.4 is 5.32 Å². The average molecular weight is 395 g/mol. The highest BCUT2D eigenvalue weighted by Crippen LogP contribution is 2.16. The Hall–Kier alpha value is -1.65. The van der Waals surface area contributed by atoms with E-state index in [0.29, 0.717) is 10.6 Å². The minimum atomic E-state index is -0.141. The van der Waals surface area contributed by atoms with Crippen LogP contribution in [-0.4, -0.2) is 11.7 Å². The smallest absolute Gasteiger partial charge is 0.220 e. The SMILES string of the molecule is CC(NC(=O)CCC(=O)c1ccc(Br)cc1)c1ccc(Cl)cc1. The number of hydrogen-bond acceptors (Lipinski definition) is 2. The molecule has 0 bridgehead atoms. The molecule has 0 aliphatic carbocycles. The molecule has 0 saturated heterocycles. The first-order chi connectivity index (χ1) is 11.0. The van der Waals surface area contributed by atoms with Gasteiger partial charge in [-0.25, -0.2) is 0 Å². The second kappa shape index (κ2) is 8.27. The third kappa shape index (κ3) is 5.48. The van der Waals surface area contributed by atoms with Gasteiger partial charge in [-0.15, -0.1) is 0 Å². The van der Waals surface area contributed by atoms with E-state index in [4.69, 9.17) is 11.6 Å². The Morgan fingerprint density at radius 2 is 1.65 bits per heavy atom. The number of carbonyl (C=O) groups is 2. The molecule has 5 heteroatoms. The van der Waals surface area contributed by atoms with Gasteiger partial charge in [0.1, 0.15) is 0 Å². The first kappa shape index (κ1) is 17.7. The normalized spacial score (nSPS) is 11.8. The van der Waals surface area contributed by atoms with Crippen molar-refractivity contribution in [2.45, 2.75) is 25.8 Å². The van der Waals surface area contributed by atoms with E-state index in [2.05, 4.69) is 21.2 Å². The number of amides is 1. The van der Waals surface area contributed by atoms with E-state index in [1.54, 1.807) is 24.3 Å². The zero-order valence-corrected chi connectivity index (χ0v) is 15.0. The summed E-state index contributed by atoms with van der Waals surface area (Å²) in [5.74, 6) is -0.176. The third-order valence-corrected chi connectivity index (χ3v) is 4.27. The second-order valence-corrected chi connectivity index (χ2v) is 6.62. The number of carbonyl (C=O) groups excluding carboxylic acids is 2. The lowest BCUT2D eigenvalue weighted by molar-refractivity contribution is -0.121. The van der Waals surface area contributed by atoms with Gasteiger partial charge in [-0.1, -0.05) is 51.8 Å². The van der Waals surface area contributed by atoms with Crippen LogP contribution in [0, 0.1) is 0 Å². The van der Waals surface area contributed by atoms with Gasteiger partial charge in [0.15, 0.2) is 5.78 Å². The van der Waals surface area contributed by atoms with Crippen LogP contribution in [0.2, 0.25) is 5.02 Å². The molecule has 1 unspecified atom stereocenters. The van der Waals surface area contributed by atoms with Crippen molar-refractivity contribution in [1.82, 2.24) is 5.32 Å². The molecule has 0 aliphatic rings. The van der Waals surface area contributed by atoms with Gasteiger partial charge in [0.2, 0.25) is 5.91 Å². The summed E-state index contributed by atoms with van der Waals surface area (Å²) < 4.78 is 0.920. The van der Waals surface area contributed by atoms with Crippen molar-refractivity contribution in [1.29, 1.82) is 0 Å². The Labute approximate surface area is 149 Å².